The Hall–Kier alpha value is -1.83. The van der Waals surface area contributed by atoms with E-state index in [9.17, 15) is 9.59 Å². The molecule has 2 fully saturated rings. The minimum Gasteiger partial charge on any atom is -0.446 e. The van der Waals surface area contributed by atoms with E-state index >= 15 is 0 Å². The molecule has 1 heterocycles. The summed E-state index contributed by atoms with van der Waals surface area (Å²) in [6.07, 6.45) is 0.734. The van der Waals surface area contributed by atoms with Crippen molar-refractivity contribution in [2.24, 2.45) is 5.92 Å². The molecule has 3 atom stereocenters. The van der Waals surface area contributed by atoms with Crippen LogP contribution in [0.4, 0.5) is 0 Å². The Bertz CT molecular complexity index is 436. The monoisotopic (exact) mass is 235 g/mol. The highest BCUT2D eigenvalue weighted by molar-refractivity contribution is 5.87. The minimum atomic E-state index is -1.30. The van der Waals surface area contributed by atoms with Crippen molar-refractivity contribution in [1.29, 1.82) is 0 Å². The largest absolute Gasteiger partial charge is 0.446 e. The van der Waals surface area contributed by atoms with E-state index in [1.165, 1.54) is 0 Å². The Balaban J connectivity index is 2.18. The maximum Gasteiger partial charge on any atom is 0.415 e. The van der Waals surface area contributed by atoms with Crippen LogP contribution in [0.2, 0.25) is 0 Å². The van der Waals surface area contributed by atoms with E-state index in [4.69, 9.17) is 16.0 Å². The second-order valence-corrected chi connectivity index (χ2v) is 4.53. The third-order valence-electron chi connectivity index (χ3n) is 3.22. The number of fused-ring (bicyclic) bond motifs is 2. The van der Waals surface area contributed by atoms with Crippen molar-refractivity contribution in [3.63, 3.8) is 0 Å². The Morgan fingerprint density at radius 2 is 2.35 bits per heavy atom. The van der Waals surface area contributed by atoms with Crippen LogP contribution in [0.25, 0.3) is 4.85 Å². The zero-order valence-electron chi connectivity index (χ0n) is 9.56. The zero-order valence-corrected chi connectivity index (χ0v) is 9.56. The zero-order chi connectivity index (χ0) is 12.6. The molecule has 2 aliphatic rings. The number of nitrogens with zero attached hydrogens (tertiary/aromatic N) is 1. The van der Waals surface area contributed by atoms with Gasteiger partial charge in [0.1, 0.15) is 0 Å². The van der Waals surface area contributed by atoms with Gasteiger partial charge in [0.25, 0.3) is 0 Å². The second-order valence-electron chi connectivity index (χ2n) is 4.53. The van der Waals surface area contributed by atoms with Crippen molar-refractivity contribution >= 4 is 11.9 Å². The van der Waals surface area contributed by atoms with Crippen LogP contribution in [-0.2, 0) is 19.1 Å². The van der Waals surface area contributed by atoms with Gasteiger partial charge in [-0.05, 0) is 19.8 Å². The average Bonchev–Trinajstić information content (AvgIpc) is 2.56. The SMILES string of the molecule is [C-]#[N+]C12CC(CCC1OC(=O)C(=C)C)C(=O)O2. The summed E-state index contributed by atoms with van der Waals surface area (Å²) in [5.41, 5.74) is -1.03. The third kappa shape index (κ3) is 1.80. The molecule has 0 amide bonds. The number of hydrogen-bond donors (Lipinski definition) is 0. The smallest absolute Gasteiger partial charge is 0.415 e. The molecule has 1 aliphatic heterocycles. The maximum atomic E-state index is 11.5. The van der Waals surface area contributed by atoms with E-state index in [0.717, 1.165) is 0 Å². The lowest BCUT2D eigenvalue weighted by Gasteiger charge is -2.27. The summed E-state index contributed by atoms with van der Waals surface area (Å²) in [5, 5.41) is 0. The first kappa shape index (κ1) is 11.6. The molecule has 0 radical (unpaired) electrons. The van der Waals surface area contributed by atoms with Gasteiger partial charge in [-0.1, -0.05) is 6.58 Å². The summed E-state index contributed by atoms with van der Waals surface area (Å²) in [5.74, 6) is -1.11. The fourth-order valence-corrected chi connectivity index (χ4v) is 2.25. The average molecular weight is 235 g/mol. The van der Waals surface area contributed by atoms with Crippen molar-refractivity contribution in [1.82, 2.24) is 0 Å². The number of carbonyl (C=O) groups is 2. The topological polar surface area (TPSA) is 57.0 Å². The predicted molar refractivity (Wildman–Crippen MR) is 57.5 cm³/mol. The molecular weight excluding hydrogens is 222 g/mol. The Kier molecular flexibility index (Phi) is 2.66. The molecule has 5 nitrogen and oxygen atoms in total. The van der Waals surface area contributed by atoms with E-state index in [2.05, 4.69) is 11.4 Å². The molecule has 1 saturated heterocycles. The molecule has 1 saturated carbocycles. The van der Waals surface area contributed by atoms with Gasteiger partial charge in [0.2, 0.25) is 6.10 Å². The molecule has 0 N–H and O–H groups in total. The lowest BCUT2D eigenvalue weighted by molar-refractivity contribution is -0.166. The molecule has 90 valence electrons. The number of hydrogen-bond acceptors (Lipinski definition) is 4. The van der Waals surface area contributed by atoms with Crippen molar-refractivity contribution < 1.29 is 19.1 Å². The highest BCUT2D eigenvalue weighted by Gasteiger charge is 2.63. The lowest BCUT2D eigenvalue weighted by atomic mass is 9.84. The number of esters is 2. The van der Waals surface area contributed by atoms with Crippen LogP contribution < -0.4 is 0 Å². The fraction of sp³-hybridized carbons (Fsp3) is 0.583. The third-order valence-corrected chi connectivity index (χ3v) is 3.22. The van der Waals surface area contributed by atoms with Gasteiger partial charge in [0.15, 0.2) is 0 Å². The molecule has 0 aromatic rings. The van der Waals surface area contributed by atoms with Crippen LogP contribution in [0.3, 0.4) is 0 Å². The van der Waals surface area contributed by atoms with Gasteiger partial charge in [0.05, 0.1) is 12.3 Å². The van der Waals surface area contributed by atoms with E-state index in [-0.39, 0.29) is 17.5 Å². The highest BCUT2D eigenvalue weighted by atomic mass is 16.6. The molecule has 0 aromatic carbocycles. The normalized spacial score (nSPS) is 34.7. The Morgan fingerprint density at radius 1 is 1.65 bits per heavy atom. The molecule has 0 aromatic heterocycles. The summed E-state index contributed by atoms with van der Waals surface area (Å²) >= 11 is 0. The van der Waals surface area contributed by atoms with Crippen molar-refractivity contribution in [3.05, 3.63) is 23.6 Å². The summed E-state index contributed by atoms with van der Waals surface area (Å²) in [7, 11) is 0. The van der Waals surface area contributed by atoms with Crippen molar-refractivity contribution in [2.45, 2.75) is 38.0 Å². The second kappa shape index (κ2) is 3.88. The summed E-state index contributed by atoms with van der Waals surface area (Å²) < 4.78 is 10.3. The Labute approximate surface area is 99.2 Å². The van der Waals surface area contributed by atoms with E-state index in [0.29, 0.717) is 19.3 Å². The number of rotatable bonds is 2. The van der Waals surface area contributed by atoms with Gasteiger partial charge in [-0.2, -0.15) is 0 Å². The van der Waals surface area contributed by atoms with Gasteiger partial charge >= 0.3 is 17.7 Å². The first-order valence-electron chi connectivity index (χ1n) is 5.46. The van der Waals surface area contributed by atoms with Gasteiger partial charge in [0, 0.05) is 5.57 Å². The first-order chi connectivity index (χ1) is 7.98. The summed E-state index contributed by atoms with van der Waals surface area (Å²) in [6.45, 7) is 12.2. The summed E-state index contributed by atoms with van der Waals surface area (Å²) in [4.78, 5) is 26.3. The standard InChI is InChI=1S/C12H13NO4/c1-7(2)10(14)16-9-5-4-8-6-12(9,13-3)17-11(8)15/h8-9H,1,4-6H2,2H3. The van der Waals surface area contributed by atoms with E-state index in [1.807, 2.05) is 0 Å². The van der Waals surface area contributed by atoms with Crippen LogP contribution in [0, 0.1) is 12.5 Å². The van der Waals surface area contributed by atoms with Crippen LogP contribution in [0.5, 0.6) is 0 Å². The van der Waals surface area contributed by atoms with Crippen LogP contribution in [0.1, 0.15) is 26.2 Å². The molecule has 2 bridgehead atoms. The lowest BCUT2D eigenvalue weighted by Crippen LogP contribution is -2.44. The van der Waals surface area contributed by atoms with Gasteiger partial charge in [-0.3, -0.25) is 9.64 Å². The van der Waals surface area contributed by atoms with Crippen LogP contribution in [-0.4, -0.2) is 23.8 Å². The number of carbonyl (C=O) groups excluding carboxylic acids is 2. The minimum absolute atomic E-state index is 0.219. The van der Waals surface area contributed by atoms with E-state index in [1.54, 1.807) is 6.92 Å². The fourth-order valence-electron chi connectivity index (χ4n) is 2.25. The van der Waals surface area contributed by atoms with Crippen LogP contribution in [0.15, 0.2) is 12.2 Å². The van der Waals surface area contributed by atoms with E-state index < -0.39 is 17.8 Å². The molecular formula is C12H13NO4. The van der Waals surface area contributed by atoms with Gasteiger partial charge in [-0.15, -0.1) is 0 Å². The van der Waals surface area contributed by atoms with Crippen molar-refractivity contribution in [2.75, 3.05) is 0 Å². The molecule has 2 rings (SSSR count). The summed E-state index contributed by atoms with van der Waals surface area (Å²) in [6, 6.07) is 0. The molecule has 1 aliphatic carbocycles. The quantitative estimate of drug-likeness (QED) is 0.413. The molecule has 5 heteroatoms. The maximum absolute atomic E-state index is 11.5. The molecule has 3 unspecified atom stereocenters. The van der Waals surface area contributed by atoms with Crippen molar-refractivity contribution in [3.8, 4) is 0 Å². The number of ether oxygens (including phenoxy) is 2. The molecule has 0 spiro atoms. The predicted octanol–water partition coefficient (Wildman–Crippen LogP) is 1.45. The Morgan fingerprint density at radius 3 is 2.94 bits per heavy atom. The highest BCUT2D eigenvalue weighted by Crippen LogP contribution is 2.45. The molecule has 17 heavy (non-hydrogen) atoms. The first-order valence-corrected chi connectivity index (χ1v) is 5.46. The van der Waals surface area contributed by atoms with Gasteiger partial charge < -0.3 is 9.47 Å². The van der Waals surface area contributed by atoms with Crippen LogP contribution >= 0.6 is 0 Å². The van der Waals surface area contributed by atoms with Gasteiger partial charge in [-0.25, -0.2) is 11.4 Å².